The van der Waals surface area contributed by atoms with Gasteiger partial charge in [0.15, 0.2) is 0 Å². The van der Waals surface area contributed by atoms with Gasteiger partial charge < -0.3 is 10.7 Å². The minimum atomic E-state index is -0.682. The van der Waals surface area contributed by atoms with E-state index in [9.17, 15) is 8.78 Å². The number of nitrogen functional groups attached to an aromatic ring is 1. The number of anilines is 3. The highest BCUT2D eigenvalue weighted by atomic mass is 19.1. The fourth-order valence-corrected chi connectivity index (χ4v) is 1.86. The molecule has 20 heavy (non-hydrogen) atoms. The molecule has 1 aliphatic carbocycles. The minimum Gasteiger partial charge on any atom is -0.338 e. The van der Waals surface area contributed by atoms with Crippen LogP contribution in [0, 0.1) is 11.6 Å². The Morgan fingerprint density at radius 2 is 1.85 bits per heavy atom. The predicted molar refractivity (Wildman–Crippen MR) is 71.5 cm³/mol. The lowest BCUT2D eigenvalue weighted by Gasteiger charge is -2.10. The van der Waals surface area contributed by atoms with E-state index in [0.29, 0.717) is 23.4 Å². The third kappa shape index (κ3) is 2.67. The summed E-state index contributed by atoms with van der Waals surface area (Å²) in [5.74, 6) is 5.93. The van der Waals surface area contributed by atoms with Crippen molar-refractivity contribution >= 4 is 17.3 Å². The van der Waals surface area contributed by atoms with Crippen LogP contribution in [0.5, 0.6) is 0 Å². The molecule has 1 fully saturated rings. The second kappa shape index (κ2) is 5.01. The van der Waals surface area contributed by atoms with Gasteiger partial charge in [0.1, 0.15) is 29.1 Å². The molecule has 1 saturated carbocycles. The predicted octanol–water partition coefficient (Wildman–Crippen LogP) is 2.66. The highest BCUT2D eigenvalue weighted by molar-refractivity contribution is 5.59. The van der Waals surface area contributed by atoms with Gasteiger partial charge in [-0.05, 0) is 25.0 Å². The number of hydrogen-bond donors (Lipinski definition) is 3. The van der Waals surface area contributed by atoms with Gasteiger partial charge in [-0.25, -0.2) is 24.6 Å². The van der Waals surface area contributed by atoms with E-state index in [4.69, 9.17) is 5.84 Å². The van der Waals surface area contributed by atoms with Crippen LogP contribution in [-0.2, 0) is 0 Å². The molecule has 0 unspecified atom stereocenters. The minimum absolute atomic E-state index is 0.148. The number of aromatic nitrogens is 2. The van der Waals surface area contributed by atoms with Crippen molar-refractivity contribution in [3.8, 4) is 0 Å². The highest BCUT2D eigenvalue weighted by Crippen LogP contribution is 2.39. The lowest BCUT2D eigenvalue weighted by molar-refractivity contribution is 0.586. The molecule has 1 aliphatic rings. The first-order valence-corrected chi connectivity index (χ1v) is 6.23. The van der Waals surface area contributed by atoms with Crippen molar-refractivity contribution in [2.24, 2.45) is 5.84 Å². The van der Waals surface area contributed by atoms with Crippen molar-refractivity contribution in [1.82, 2.24) is 9.97 Å². The average molecular weight is 277 g/mol. The molecule has 3 rings (SSSR count). The third-order valence-electron chi connectivity index (χ3n) is 3.03. The van der Waals surface area contributed by atoms with Gasteiger partial charge in [-0.15, -0.1) is 0 Å². The number of nitrogens with one attached hydrogen (secondary N) is 2. The van der Waals surface area contributed by atoms with Crippen molar-refractivity contribution in [3.63, 3.8) is 0 Å². The van der Waals surface area contributed by atoms with Crippen LogP contribution < -0.4 is 16.6 Å². The summed E-state index contributed by atoms with van der Waals surface area (Å²) < 4.78 is 26.5. The summed E-state index contributed by atoms with van der Waals surface area (Å²) in [7, 11) is 0. The van der Waals surface area contributed by atoms with Gasteiger partial charge in [-0.2, -0.15) is 0 Å². The van der Waals surface area contributed by atoms with Gasteiger partial charge >= 0.3 is 0 Å². The van der Waals surface area contributed by atoms with Gasteiger partial charge in [0, 0.05) is 18.1 Å². The van der Waals surface area contributed by atoms with E-state index in [2.05, 4.69) is 20.7 Å². The summed E-state index contributed by atoms with van der Waals surface area (Å²) in [6, 6.07) is 4.87. The summed E-state index contributed by atoms with van der Waals surface area (Å²) in [6.07, 6.45) is 2.08. The Kier molecular flexibility index (Phi) is 3.19. The van der Waals surface area contributed by atoms with E-state index < -0.39 is 11.6 Å². The van der Waals surface area contributed by atoms with Crippen molar-refractivity contribution in [2.45, 2.75) is 18.8 Å². The second-order valence-corrected chi connectivity index (χ2v) is 4.66. The smallest absolute Gasteiger partial charge is 0.149 e. The van der Waals surface area contributed by atoms with Crippen molar-refractivity contribution < 1.29 is 8.78 Å². The molecule has 4 N–H and O–H groups in total. The first-order valence-electron chi connectivity index (χ1n) is 6.23. The Hall–Kier alpha value is -2.28. The molecule has 0 atom stereocenters. The molecular weight excluding hydrogens is 264 g/mol. The molecule has 7 heteroatoms. The summed E-state index contributed by atoms with van der Waals surface area (Å²) in [5.41, 5.74) is 2.60. The molecular formula is C13H13F2N5. The summed E-state index contributed by atoms with van der Waals surface area (Å²) in [4.78, 5) is 8.58. The topological polar surface area (TPSA) is 75.9 Å². The molecule has 0 aliphatic heterocycles. The van der Waals surface area contributed by atoms with Crippen LogP contribution in [0.2, 0.25) is 0 Å². The Morgan fingerprint density at radius 3 is 2.50 bits per heavy atom. The maximum atomic E-state index is 13.6. The standard InChI is InChI=1S/C13H13F2N5/c14-8-3-4-10(9(15)5-8)17-11-6-12(20-16)19-13(18-11)7-1-2-7/h3-7H,1-2,16H2,(H2,17,18,19,20). The number of hydrazine groups is 1. The number of rotatable bonds is 4. The first kappa shape index (κ1) is 12.7. The SMILES string of the molecule is NNc1cc(Nc2ccc(F)cc2F)nc(C2CC2)n1. The molecule has 0 radical (unpaired) electrons. The largest absolute Gasteiger partial charge is 0.338 e. The van der Waals surface area contributed by atoms with E-state index in [1.54, 1.807) is 6.07 Å². The quantitative estimate of drug-likeness (QED) is 0.591. The molecule has 0 saturated heterocycles. The van der Waals surface area contributed by atoms with Crippen LogP contribution in [-0.4, -0.2) is 9.97 Å². The molecule has 1 aromatic heterocycles. The zero-order valence-corrected chi connectivity index (χ0v) is 10.5. The maximum absolute atomic E-state index is 13.6. The average Bonchev–Trinajstić information content (AvgIpc) is 3.26. The first-order chi connectivity index (χ1) is 9.65. The lowest BCUT2D eigenvalue weighted by Crippen LogP contribution is -2.11. The fraction of sp³-hybridized carbons (Fsp3) is 0.231. The van der Waals surface area contributed by atoms with Gasteiger partial charge in [-0.3, -0.25) is 0 Å². The summed E-state index contributed by atoms with van der Waals surface area (Å²) in [5, 5.41) is 2.81. The number of halogens is 2. The van der Waals surface area contributed by atoms with Crippen LogP contribution >= 0.6 is 0 Å². The number of nitrogens with two attached hydrogens (primary N) is 1. The van der Waals surface area contributed by atoms with Gasteiger partial charge in [0.25, 0.3) is 0 Å². The Balaban J connectivity index is 1.91. The van der Waals surface area contributed by atoms with E-state index in [-0.39, 0.29) is 5.69 Å². The number of nitrogens with zero attached hydrogens (tertiary/aromatic N) is 2. The maximum Gasteiger partial charge on any atom is 0.149 e. The Bertz CT molecular complexity index is 643. The molecule has 0 amide bonds. The zero-order valence-electron chi connectivity index (χ0n) is 10.5. The van der Waals surface area contributed by atoms with Crippen molar-refractivity contribution in [2.75, 3.05) is 10.7 Å². The van der Waals surface area contributed by atoms with Crippen LogP contribution in [0.3, 0.4) is 0 Å². The van der Waals surface area contributed by atoms with E-state index in [1.807, 2.05) is 0 Å². The molecule has 104 valence electrons. The molecule has 1 aromatic carbocycles. The second-order valence-electron chi connectivity index (χ2n) is 4.66. The van der Waals surface area contributed by atoms with E-state index >= 15 is 0 Å². The van der Waals surface area contributed by atoms with Crippen LogP contribution in [0.4, 0.5) is 26.1 Å². The molecule has 2 aromatic rings. The van der Waals surface area contributed by atoms with E-state index in [0.717, 1.165) is 18.9 Å². The molecule has 0 bridgehead atoms. The summed E-state index contributed by atoms with van der Waals surface area (Å²) >= 11 is 0. The lowest BCUT2D eigenvalue weighted by atomic mass is 10.3. The Morgan fingerprint density at radius 1 is 1.10 bits per heavy atom. The third-order valence-corrected chi connectivity index (χ3v) is 3.03. The van der Waals surface area contributed by atoms with Gasteiger partial charge in [0.2, 0.25) is 0 Å². The normalized spacial score (nSPS) is 14.2. The van der Waals surface area contributed by atoms with Gasteiger partial charge in [-0.1, -0.05) is 0 Å². The zero-order chi connectivity index (χ0) is 14.1. The van der Waals surface area contributed by atoms with Crippen LogP contribution in [0.15, 0.2) is 24.3 Å². The monoisotopic (exact) mass is 277 g/mol. The fourth-order valence-electron chi connectivity index (χ4n) is 1.86. The molecule has 0 spiro atoms. The van der Waals surface area contributed by atoms with Gasteiger partial charge in [0.05, 0.1) is 5.69 Å². The van der Waals surface area contributed by atoms with Crippen LogP contribution in [0.25, 0.3) is 0 Å². The van der Waals surface area contributed by atoms with Crippen molar-refractivity contribution in [1.29, 1.82) is 0 Å². The number of hydrogen-bond acceptors (Lipinski definition) is 5. The Labute approximate surface area is 114 Å². The molecule has 1 heterocycles. The molecule has 5 nitrogen and oxygen atoms in total. The van der Waals surface area contributed by atoms with Crippen molar-refractivity contribution in [3.05, 3.63) is 41.7 Å². The highest BCUT2D eigenvalue weighted by Gasteiger charge is 2.27. The summed E-state index contributed by atoms with van der Waals surface area (Å²) in [6.45, 7) is 0. The van der Waals surface area contributed by atoms with E-state index in [1.165, 1.54) is 12.1 Å². The van der Waals surface area contributed by atoms with Crippen LogP contribution in [0.1, 0.15) is 24.6 Å². The number of benzene rings is 1.